The summed E-state index contributed by atoms with van der Waals surface area (Å²) >= 11 is 0. The maximum absolute atomic E-state index is 10.5. The Bertz CT molecular complexity index is 341. The van der Waals surface area contributed by atoms with Gasteiger partial charge in [0.05, 0.1) is 0 Å². The fourth-order valence-corrected chi connectivity index (χ4v) is 4.35. The number of rotatable bonds is 13. The summed E-state index contributed by atoms with van der Waals surface area (Å²) < 4.78 is 29.5. The molecule has 2 N–H and O–H groups in total. The Hall–Kier alpha value is 0.220. The summed E-state index contributed by atoms with van der Waals surface area (Å²) in [5.74, 6) is 1.44. The van der Waals surface area contributed by atoms with Gasteiger partial charge in [-0.3, -0.25) is 4.55 Å². The Labute approximate surface area is 134 Å². The molecule has 0 heterocycles. The van der Waals surface area contributed by atoms with Gasteiger partial charge in [0.1, 0.15) is 0 Å². The van der Waals surface area contributed by atoms with Crippen LogP contribution >= 0.6 is 10.8 Å². The van der Waals surface area contributed by atoms with Gasteiger partial charge >= 0.3 is 9.15 Å². The second-order valence-electron chi connectivity index (χ2n) is 6.06. The number of hydrogen-bond acceptors (Lipinski definition) is 4. The van der Waals surface area contributed by atoms with Gasteiger partial charge in [-0.1, -0.05) is 64.2 Å². The minimum absolute atomic E-state index is 0.403. The van der Waals surface area contributed by atoms with E-state index in [4.69, 9.17) is 4.55 Å². The zero-order valence-corrected chi connectivity index (χ0v) is 14.7. The lowest BCUT2D eigenvalue weighted by atomic mass is 9.99. The summed E-state index contributed by atoms with van der Waals surface area (Å²) in [5, 5.41) is 3.20. The molecule has 21 heavy (non-hydrogen) atoms. The number of unbranched alkanes of at least 4 members (excludes halogenated alkanes) is 5. The summed E-state index contributed by atoms with van der Waals surface area (Å²) in [5.41, 5.74) is 0. The molecule has 0 aromatic rings. The highest BCUT2D eigenvalue weighted by Gasteiger charge is 2.13. The molecule has 0 unspecified atom stereocenters. The number of hydrogen-bond donors (Lipinski definition) is 2. The van der Waals surface area contributed by atoms with Gasteiger partial charge in [-0.2, -0.15) is 8.42 Å². The van der Waals surface area contributed by atoms with E-state index in [0.29, 0.717) is 23.1 Å². The third kappa shape index (κ3) is 12.4. The van der Waals surface area contributed by atoms with E-state index >= 15 is 0 Å². The maximum atomic E-state index is 10.5. The van der Waals surface area contributed by atoms with E-state index in [2.05, 4.69) is 5.32 Å². The maximum Gasteiger partial charge on any atom is 0.319 e. The van der Waals surface area contributed by atoms with Crippen LogP contribution in [0.15, 0.2) is 0 Å². The van der Waals surface area contributed by atoms with Gasteiger partial charge in [-0.15, -0.1) is 0 Å². The van der Waals surface area contributed by atoms with Crippen molar-refractivity contribution in [2.24, 2.45) is 5.92 Å². The van der Waals surface area contributed by atoms with Crippen molar-refractivity contribution in [1.82, 2.24) is 5.32 Å². The topological polar surface area (TPSA) is 66.4 Å². The van der Waals surface area contributed by atoms with Crippen LogP contribution in [0.2, 0.25) is 0 Å². The van der Waals surface area contributed by atoms with Crippen LogP contribution in [0.3, 0.4) is 0 Å². The molecule has 1 saturated carbocycles. The molecule has 1 fully saturated rings. The molecular formula is C15H31NO3S2. The van der Waals surface area contributed by atoms with Crippen LogP contribution in [-0.2, 0) is 9.15 Å². The lowest BCUT2D eigenvalue weighted by Crippen LogP contribution is -2.18. The summed E-state index contributed by atoms with van der Waals surface area (Å²) in [4.78, 5) is 0. The van der Waals surface area contributed by atoms with Crippen LogP contribution in [0.1, 0.15) is 70.6 Å². The van der Waals surface area contributed by atoms with Crippen molar-refractivity contribution in [1.29, 1.82) is 0 Å². The van der Waals surface area contributed by atoms with Crippen LogP contribution in [-0.4, -0.2) is 31.8 Å². The van der Waals surface area contributed by atoms with Crippen LogP contribution in [0.5, 0.6) is 0 Å². The monoisotopic (exact) mass is 337 g/mol. The molecule has 4 nitrogen and oxygen atoms in total. The van der Waals surface area contributed by atoms with Crippen molar-refractivity contribution in [3.05, 3.63) is 0 Å². The van der Waals surface area contributed by atoms with Crippen LogP contribution in [0.4, 0.5) is 0 Å². The van der Waals surface area contributed by atoms with E-state index in [-0.39, 0.29) is 0 Å². The molecule has 1 aliphatic rings. The summed E-state index contributed by atoms with van der Waals surface area (Å²) in [6.45, 7) is 1.57. The Balaban J connectivity index is 1.72. The second kappa shape index (κ2) is 11.7. The van der Waals surface area contributed by atoms with Gasteiger partial charge in [0, 0.05) is 12.3 Å². The van der Waals surface area contributed by atoms with Crippen molar-refractivity contribution in [3.63, 3.8) is 0 Å². The molecule has 0 radical (unpaired) electrons. The fourth-order valence-electron chi connectivity index (χ4n) is 3.03. The van der Waals surface area contributed by atoms with E-state index in [1.807, 2.05) is 0 Å². The average Bonchev–Trinajstić information content (AvgIpc) is 2.92. The molecule has 1 aliphatic carbocycles. The van der Waals surface area contributed by atoms with Crippen LogP contribution < -0.4 is 5.32 Å². The lowest BCUT2D eigenvalue weighted by molar-refractivity contribution is 0.461. The van der Waals surface area contributed by atoms with E-state index in [1.165, 1.54) is 64.2 Å². The molecule has 0 saturated heterocycles. The van der Waals surface area contributed by atoms with Gasteiger partial charge < -0.3 is 5.32 Å². The van der Waals surface area contributed by atoms with Crippen molar-refractivity contribution < 1.29 is 13.0 Å². The quantitative estimate of drug-likeness (QED) is 0.302. The minimum atomic E-state index is -3.86. The highest BCUT2D eigenvalue weighted by atomic mass is 33.1. The first-order valence-electron chi connectivity index (χ1n) is 8.40. The smallest absolute Gasteiger partial charge is 0.316 e. The van der Waals surface area contributed by atoms with Crippen molar-refractivity contribution >= 4 is 19.9 Å². The second-order valence-corrected chi connectivity index (χ2v) is 9.53. The molecule has 0 aromatic carbocycles. The summed E-state index contributed by atoms with van der Waals surface area (Å²) in [6.07, 6.45) is 15.2. The predicted molar refractivity (Wildman–Crippen MR) is 91.2 cm³/mol. The molecule has 126 valence electrons. The van der Waals surface area contributed by atoms with Gasteiger partial charge in [-0.05, 0) is 29.7 Å². The Morgan fingerprint density at radius 2 is 1.57 bits per heavy atom. The molecule has 0 bridgehead atoms. The first-order valence-corrected chi connectivity index (χ1v) is 11.3. The molecular weight excluding hydrogens is 306 g/mol. The molecule has 6 heteroatoms. The summed E-state index contributed by atoms with van der Waals surface area (Å²) in [7, 11) is -3.28. The summed E-state index contributed by atoms with van der Waals surface area (Å²) in [6, 6.07) is 0. The molecule has 0 aliphatic heterocycles. The van der Waals surface area contributed by atoms with E-state index in [1.54, 1.807) is 0 Å². The minimum Gasteiger partial charge on any atom is -0.316 e. The molecule has 0 atom stereocenters. The third-order valence-corrected chi connectivity index (χ3v) is 6.26. The van der Waals surface area contributed by atoms with Gasteiger partial charge in [0.15, 0.2) is 0 Å². The Morgan fingerprint density at radius 3 is 2.24 bits per heavy atom. The van der Waals surface area contributed by atoms with E-state index in [0.717, 1.165) is 18.9 Å². The van der Waals surface area contributed by atoms with E-state index in [9.17, 15) is 8.42 Å². The molecule has 1 rings (SSSR count). The largest absolute Gasteiger partial charge is 0.319 e. The molecule has 0 amide bonds. The van der Waals surface area contributed by atoms with Crippen molar-refractivity contribution in [2.75, 3.05) is 18.8 Å². The van der Waals surface area contributed by atoms with Crippen LogP contribution in [0, 0.1) is 5.92 Å². The van der Waals surface area contributed by atoms with E-state index < -0.39 is 9.15 Å². The average molecular weight is 338 g/mol. The zero-order valence-electron chi connectivity index (χ0n) is 13.1. The van der Waals surface area contributed by atoms with Crippen LogP contribution in [0.25, 0.3) is 0 Å². The van der Waals surface area contributed by atoms with Gasteiger partial charge in [0.25, 0.3) is 0 Å². The predicted octanol–water partition coefficient (Wildman–Crippen LogP) is 4.03. The molecule has 0 spiro atoms. The lowest BCUT2D eigenvalue weighted by Gasteiger charge is -2.08. The highest BCUT2D eigenvalue weighted by Crippen LogP contribution is 2.29. The Morgan fingerprint density at radius 1 is 0.952 bits per heavy atom. The zero-order chi connectivity index (χ0) is 15.4. The van der Waals surface area contributed by atoms with Gasteiger partial charge in [0.2, 0.25) is 0 Å². The fraction of sp³-hybridized carbons (Fsp3) is 1.00. The SMILES string of the molecule is O=S(=O)(O)SCCNCCCCCCCCC1CCCC1. The first-order chi connectivity index (χ1) is 10.1. The number of nitrogens with one attached hydrogen (secondary N) is 1. The normalized spacial score (nSPS) is 16.6. The van der Waals surface area contributed by atoms with Gasteiger partial charge in [-0.25, -0.2) is 0 Å². The third-order valence-electron chi connectivity index (χ3n) is 4.20. The highest BCUT2D eigenvalue weighted by molar-refractivity contribution is 8.69. The Kier molecular flexibility index (Phi) is 10.8. The van der Waals surface area contributed by atoms with Crippen molar-refractivity contribution in [2.45, 2.75) is 70.6 Å². The standard InChI is InChI=1S/C15H31NO3S2/c17-21(18,19)20-14-13-16-12-8-4-2-1-3-5-9-15-10-6-7-11-15/h15-16H,1-14H2,(H,17,18,19). The molecule has 0 aromatic heterocycles. The first kappa shape index (κ1) is 19.3. The van der Waals surface area contributed by atoms with Crippen molar-refractivity contribution in [3.8, 4) is 0 Å².